The van der Waals surface area contributed by atoms with Gasteiger partial charge in [0, 0.05) is 17.0 Å². The quantitative estimate of drug-likeness (QED) is 0.308. The van der Waals surface area contributed by atoms with Crippen molar-refractivity contribution in [3.8, 4) is 5.82 Å². The summed E-state index contributed by atoms with van der Waals surface area (Å²) in [5.41, 5.74) is 5.59. The standard InChI is InChI=1S/C20H18Cl2N6O4S/c1-10-6-11(21)7-13(18(29)25-26-20(31)32-2)16(10)24-19(30)15-8-12(9-33)27-28(15)17-14(22)4-3-5-23-17/h3-8,33H,9H2,1-2H3,(H,24,30)(H,25,29)(H,26,31). The number of benzene rings is 1. The number of aromatic nitrogens is 3. The molecule has 0 aliphatic carbocycles. The van der Waals surface area contributed by atoms with Crippen LogP contribution in [0.3, 0.4) is 0 Å². The van der Waals surface area contributed by atoms with Gasteiger partial charge in [0.15, 0.2) is 5.82 Å². The fraction of sp³-hybridized carbons (Fsp3) is 0.150. The molecule has 1 aromatic carbocycles. The van der Waals surface area contributed by atoms with Gasteiger partial charge >= 0.3 is 6.09 Å². The van der Waals surface area contributed by atoms with E-state index in [4.69, 9.17) is 23.2 Å². The van der Waals surface area contributed by atoms with Crippen molar-refractivity contribution >= 4 is 59.4 Å². The number of pyridine rings is 1. The van der Waals surface area contributed by atoms with Crippen molar-refractivity contribution < 1.29 is 19.1 Å². The maximum absolute atomic E-state index is 13.3. The minimum absolute atomic E-state index is 0.0149. The number of nitrogens with zero attached hydrogens (tertiary/aromatic N) is 3. The van der Waals surface area contributed by atoms with Crippen LogP contribution in [-0.4, -0.2) is 39.8 Å². The third kappa shape index (κ3) is 5.56. The Bertz CT molecular complexity index is 1230. The Morgan fingerprint density at radius 1 is 1.15 bits per heavy atom. The van der Waals surface area contributed by atoms with Crippen LogP contribution in [0, 0.1) is 6.92 Å². The molecular weight excluding hydrogens is 491 g/mol. The number of hydrogen-bond acceptors (Lipinski definition) is 7. The van der Waals surface area contributed by atoms with E-state index in [1.807, 2.05) is 0 Å². The summed E-state index contributed by atoms with van der Waals surface area (Å²) in [6.45, 7) is 1.66. The van der Waals surface area contributed by atoms with E-state index in [-0.39, 0.29) is 38.6 Å². The van der Waals surface area contributed by atoms with Crippen LogP contribution in [0.5, 0.6) is 0 Å². The Labute approximate surface area is 204 Å². The van der Waals surface area contributed by atoms with Crippen LogP contribution in [0.25, 0.3) is 5.82 Å². The van der Waals surface area contributed by atoms with Gasteiger partial charge in [-0.3, -0.25) is 15.0 Å². The van der Waals surface area contributed by atoms with Gasteiger partial charge in [0.25, 0.3) is 11.8 Å². The zero-order valence-corrected chi connectivity index (χ0v) is 19.8. The number of anilines is 1. The second-order valence-corrected chi connectivity index (χ2v) is 7.73. The average molecular weight is 509 g/mol. The largest absolute Gasteiger partial charge is 0.452 e. The lowest BCUT2D eigenvalue weighted by molar-refractivity contribution is 0.0921. The van der Waals surface area contributed by atoms with Crippen molar-refractivity contribution in [2.75, 3.05) is 12.4 Å². The molecule has 0 bridgehead atoms. The summed E-state index contributed by atoms with van der Waals surface area (Å²) in [6, 6.07) is 7.74. The molecule has 3 aromatic rings. The first-order valence-electron chi connectivity index (χ1n) is 9.31. The summed E-state index contributed by atoms with van der Waals surface area (Å²) in [6.07, 6.45) is 0.647. The van der Waals surface area contributed by atoms with Gasteiger partial charge in [0.1, 0.15) is 5.69 Å². The number of aryl methyl sites for hydroxylation is 1. The molecule has 172 valence electrons. The number of hydrogen-bond donors (Lipinski definition) is 4. The zero-order chi connectivity index (χ0) is 24.1. The molecule has 3 N–H and O–H groups in total. The monoisotopic (exact) mass is 508 g/mol. The highest BCUT2D eigenvalue weighted by Crippen LogP contribution is 2.27. The molecule has 0 saturated carbocycles. The van der Waals surface area contributed by atoms with E-state index in [2.05, 4.69) is 43.6 Å². The van der Waals surface area contributed by atoms with Gasteiger partial charge in [-0.15, -0.1) is 0 Å². The summed E-state index contributed by atoms with van der Waals surface area (Å²) in [5.74, 6) is -0.786. The van der Waals surface area contributed by atoms with Crippen LogP contribution in [0.1, 0.15) is 32.1 Å². The normalized spacial score (nSPS) is 10.5. The first-order chi connectivity index (χ1) is 15.7. The molecule has 0 saturated heterocycles. The summed E-state index contributed by atoms with van der Waals surface area (Å²) < 4.78 is 5.72. The number of carbonyl (C=O) groups is 3. The van der Waals surface area contributed by atoms with Crippen LogP contribution in [0.4, 0.5) is 10.5 Å². The molecule has 0 aliphatic rings. The number of thiol groups is 1. The van der Waals surface area contributed by atoms with Gasteiger partial charge in [-0.1, -0.05) is 23.2 Å². The molecule has 3 rings (SSSR count). The third-order valence-corrected chi connectivity index (χ3v) is 5.18. The Hall–Kier alpha value is -3.28. The highest BCUT2D eigenvalue weighted by Gasteiger charge is 2.23. The van der Waals surface area contributed by atoms with E-state index in [0.29, 0.717) is 11.3 Å². The number of carbonyl (C=O) groups excluding carboxylic acids is 3. The Morgan fingerprint density at radius 2 is 1.91 bits per heavy atom. The number of rotatable bonds is 5. The number of nitrogens with one attached hydrogen (secondary N) is 3. The van der Waals surface area contributed by atoms with Crippen molar-refractivity contribution in [2.24, 2.45) is 0 Å². The molecule has 0 radical (unpaired) electrons. The number of halogens is 2. The first kappa shape index (κ1) is 24.4. The van der Waals surface area contributed by atoms with Gasteiger partial charge < -0.3 is 10.1 Å². The molecule has 2 aromatic heterocycles. The summed E-state index contributed by atoms with van der Waals surface area (Å²) in [5, 5.41) is 7.61. The van der Waals surface area contributed by atoms with Gasteiger partial charge in [-0.2, -0.15) is 17.7 Å². The smallest absolute Gasteiger partial charge is 0.425 e. The Kier molecular flexibility index (Phi) is 7.79. The predicted molar refractivity (Wildman–Crippen MR) is 126 cm³/mol. The first-order valence-corrected chi connectivity index (χ1v) is 10.7. The summed E-state index contributed by atoms with van der Waals surface area (Å²) in [7, 11) is 1.15. The molecule has 0 unspecified atom stereocenters. The van der Waals surface area contributed by atoms with Crippen LogP contribution < -0.4 is 16.2 Å². The molecule has 2 heterocycles. The Morgan fingerprint density at radius 3 is 2.58 bits per heavy atom. The number of hydrazine groups is 1. The van der Waals surface area contributed by atoms with Crippen LogP contribution >= 0.6 is 35.8 Å². The number of ether oxygens (including phenoxy) is 1. The highest BCUT2D eigenvalue weighted by atomic mass is 35.5. The lowest BCUT2D eigenvalue weighted by atomic mass is 10.1. The van der Waals surface area contributed by atoms with Gasteiger partial charge in [0.05, 0.1) is 29.1 Å². The zero-order valence-electron chi connectivity index (χ0n) is 17.3. The van der Waals surface area contributed by atoms with Crippen molar-refractivity contribution in [1.82, 2.24) is 25.6 Å². The second-order valence-electron chi connectivity index (χ2n) is 6.57. The Balaban J connectivity index is 1.99. The fourth-order valence-corrected chi connectivity index (χ4v) is 3.48. The lowest BCUT2D eigenvalue weighted by Gasteiger charge is -2.15. The third-order valence-electron chi connectivity index (χ3n) is 4.34. The predicted octanol–water partition coefficient (Wildman–Crippen LogP) is 3.57. The molecular formula is C20H18Cl2N6O4S. The second kappa shape index (κ2) is 10.6. The van der Waals surface area contributed by atoms with Crippen molar-refractivity contribution in [3.05, 3.63) is 69.1 Å². The van der Waals surface area contributed by atoms with Crippen molar-refractivity contribution in [2.45, 2.75) is 12.7 Å². The van der Waals surface area contributed by atoms with Crippen LogP contribution in [-0.2, 0) is 10.5 Å². The van der Waals surface area contributed by atoms with E-state index >= 15 is 0 Å². The SMILES string of the molecule is COC(=O)NNC(=O)c1cc(Cl)cc(C)c1NC(=O)c1cc(CS)nn1-c1ncccc1Cl. The van der Waals surface area contributed by atoms with E-state index in [9.17, 15) is 14.4 Å². The molecule has 0 aliphatic heterocycles. The van der Waals surface area contributed by atoms with Gasteiger partial charge in [0.2, 0.25) is 0 Å². The fourth-order valence-electron chi connectivity index (χ4n) is 2.86. The number of methoxy groups -OCH3 is 1. The maximum Gasteiger partial charge on any atom is 0.425 e. The highest BCUT2D eigenvalue weighted by molar-refractivity contribution is 7.79. The lowest BCUT2D eigenvalue weighted by Crippen LogP contribution is -2.41. The van der Waals surface area contributed by atoms with Crippen LogP contribution in [0.15, 0.2) is 36.5 Å². The number of amides is 3. The van der Waals surface area contributed by atoms with E-state index in [1.54, 1.807) is 25.1 Å². The molecule has 0 spiro atoms. The summed E-state index contributed by atoms with van der Waals surface area (Å²) >= 11 is 16.6. The molecule has 13 heteroatoms. The molecule has 0 atom stereocenters. The van der Waals surface area contributed by atoms with Gasteiger partial charge in [-0.05, 0) is 42.8 Å². The average Bonchev–Trinajstić information content (AvgIpc) is 3.23. The maximum atomic E-state index is 13.3. The van der Waals surface area contributed by atoms with Crippen molar-refractivity contribution in [1.29, 1.82) is 0 Å². The molecule has 3 amide bonds. The van der Waals surface area contributed by atoms with E-state index in [0.717, 1.165) is 7.11 Å². The van der Waals surface area contributed by atoms with Crippen LogP contribution in [0.2, 0.25) is 10.0 Å². The minimum atomic E-state index is -0.872. The van der Waals surface area contributed by atoms with E-state index in [1.165, 1.54) is 23.0 Å². The van der Waals surface area contributed by atoms with E-state index < -0.39 is 17.9 Å². The minimum Gasteiger partial charge on any atom is -0.452 e. The molecule has 33 heavy (non-hydrogen) atoms. The van der Waals surface area contributed by atoms with Gasteiger partial charge in [-0.25, -0.2) is 19.9 Å². The summed E-state index contributed by atoms with van der Waals surface area (Å²) in [4.78, 5) is 41.4. The molecule has 0 fully saturated rings. The van der Waals surface area contributed by atoms with Crippen molar-refractivity contribution in [3.63, 3.8) is 0 Å². The molecule has 10 nitrogen and oxygen atoms in total. The topological polar surface area (TPSA) is 127 Å².